The molecule has 4 N–H and O–H groups in total. The van der Waals surface area contributed by atoms with Crippen LogP contribution in [0.2, 0.25) is 0 Å². The van der Waals surface area contributed by atoms with Crippen LogP contribution in [0, 0.1) is 90.2 Å². The van der Waals surface area contributed by atoms with E-state index in [1.54, 1.807) is 13.8 Å². The minimum atomic E-state index is -2.24. The Balaban J connectivity index is 0.000000104. The van der Waals surface area contributed by atoms with Gasteiger partial charge in [0.1, 0.15) is 36.6 Å². The summed E-state index contributed by atoms with van der Waals surface area (Å²) >= 11 is 0. The van der Waals surface area contributed by atoms with Crippen molar-refractivity contribution in [2.75, 3.05) is 0 Å². The predicted octanol–water partition coefficient (Wildman–Crippen LogP) is 0.893. The van der Waals surface area contributed by atoms with Gasteiger partial charge in [0.2, 0.25) is 30.1 Å². The molecule has 0 aromatic carbocycles. The largest absolute Gasteiger partial charge is 0.462 e. The molecule has 12 saturated heterocycles. The Morgan fingerprint density at radius 3 is 1.55 bits per heavy atom. The molecular weight excluding hydrogens is 1120 g/mol. The molecule has 0 aromatic rings. The normalized spacial score (nSPS) is 58.5. The van der Waals surface area contributed by atoms with Gasteiger partial charge < -0.3 is 77.3 Å². The van der Waals surface area contributed by atoms with Crippen LogP contribution in [-0.2, 0) is 100.0 Å². The minimum Gasteiger partial charge on any atom is -0.462 e. The van der Waals surface area contributed by atoms with Crippen molar-refractivity contribution in [3.8, 4) is 0 Å². The van der Waals surface area contributed by atoms with Crippen LogP contribution in [0.5, 0.6) is 0 Å². The smallest absolute Gasteiger partial charge is 0.343 e. The maximum absolute atomic E-state index is 13.4. The first kappa shape index (κ1) is 55.3. The molecule has 0 radical (unpaired) electrons. The molecule has 6 aliphatic carbocycles. The lowest BCUT2D eigenvalue weighted by atomic mass is 9.52. The Morgan fingerprint density at radius 1 is 0.471 bits per heavy atom. The Morgan fingerprint density at radius 2 is 0.965 bits per heavy atom. The van der Waals surface area contributed by atoms with Crippen molar-refractivity contribution in [3.63, 3.8) is 0 Å². The molecule has 6 spiro atoms. The molecule has 0 bridgehead atoms. The number of ether oxygens (including phenoxy) is 12. The molecule has 25 nitrogen and oxygen atoms in total. The van der Waals surface area contributed by atoms with Crippen LogP contribution in [0.15, 0.2) is 0 Å². The zero-order valence-electron chi connectivity index (χ0n) is 49.2. The van der Waals surface area contributed by atoms with Gasteiger partial charge in [0.15, 0.2) is 22.9 Å². The van der Waals surface area contributed by atoms with E-state index in [-0.39, 0.29) is 84.4 Å². The summed E-state index contributed by atoms with van der Waals surface area (Å²) in [6.07, 6.45) is -8.53. The minimum absolute atomic E-state index is 0.0233. The first-order chi connectivity index (χ1) is 39.4. The van der Waals surface area contributed by atoms with Gasteiger partial charge in [-0.25, -0.2) is 14.4 Å². The third-order valence-corrected chi connectivity index (χ3v) is 26.4. The molecule has 85 heavy (non-hydrogen) atoms. The van der Waals surface area contributed by atoms with Gasteiger partial charge in [-0.15, -0.1) is 0 Å². The molecule has 12 aliphatic heterocycles. The standard InChI is InChI=1S/C20H24O10.C20H24O8.C20H24O7/c1-6-13(24)28-12-10(23)18-11-8(22)9(16(2,3)4)17(18)5-7(21)27-15(17)30-20(18,14(25)29-11)19(6,12)26;1-8-13(22)25-11-6-18-10-5-9(16(2,3)4)17(18)7-12(21)27-15(17)28-20(18,14(23)26-10)19(8,11)24;1-8-13-9(24-14(8)22)6-19-11-5-10(17(2,3)4)18(19)7-12(21)26-16(18)27-20(13,19)15(23)25-11/h6,8-12,15,22-23,26H,5H2,1-4H3;8-11,15,24H,5-7H2,1-4H3;8-11,13,16H,5-7H2,1-4H3/t6-,8-,9+,10+,11?,12?,15+,17?,18?,19-,20-;8-,9+,10?,11?,15+,17?,18?,19-,20-;8-,9?,10-,11?,13-,16-,18?,19?,20+/m110/s1. The molecule has 0 amide bonds. The van der Waals surface area contributed by atoms with E-state index >= 15 is 0 Å². The fourth-order valence-corrected chi connectivity index (χ4v) is 24.4. The van der Waals surface area contributed by atoms with E-state index in [1.807, 2.05) is 20.8 Å². The van der Waals surface area contributed by atoms with E-state index in [4.69, 9.17) is 56.8 Å². The van der Waals surface area contributed by atoms with Gasteiger partial charge in [-0.05, 0) is 61.2 Å². The van der Waals surface area contributed by atoms with Gasteiger partial charge in [-0.3, -0.25) is 28.8 Å². The van der Waals surface area contributed by atoms with Gasteiger partial charge in [0.05, 0.1) is 75.6 Å². The fourth-order valence-electron chi connectivity index (χ4n) is 24.4. The predicted molar refractivity (Wildman–Crippen MR) is 269 cm³/mol. The number of hydrogen-bond acceptors (Lipinski definition) is 25. The summed E-state index contributed by atoms with van der Waals surface area (Å²) < 4.78 is 69.5. The molecule has 12 unspecified atom stereocenters. The van der Waals surface area contributed by atoms with Crippen molar-refractivity contribution in [3.05, 3.63) is 0 Å². The number of aliphatic hydroxyl groups excluding tert-OH is 2. The maximum atomic E-state index is 13.4. The highest BCUT2D eigenvalue weighted by atomic mass is 16.8. The summed E-state index contributed by atoms with van der Waals surface area (Å²) in [4.78, 5) is 114. The molecular formula is C60H72O25. The summed E-state index contributed by atoms with van der Waals surface area (Å²) in [5, 5.41) is 46.7. The van der Waals surface area contributed by atoms with Gasteiger partial charge in [0.25, 0.3) is 0 Å². The van der Waals surface area contributed by atoms with Gasteiger partial charge in [0, 0.05) is 18.3 Å². The van der Waals surface area contributed by atoms with Crippen LogP contribution in [0.4, 0.5) is 0 Å². The molecule has 25 heteroatoms. The molecule has 29 atom stereocenters. The topological polar surface area (TPSA) is 345 Å². The Hall–Kier alpha value is -5.05. The van der Waals surface area contributed by atoms with Crippen molar-refractivity contribution < 1.29 is 120 Å². The van der Waals surface area contributed by atoms with Crippen molar-refractivity contribution in [1.82, 2.24) is 0 Å². The van der Waals surface area contributed by atoms with Crippen molar-refractivity contribution in [2.45, 2.75) is 224 Å². The van der Waals surface area contributed by atoms with Crippen molar-refractivity contribution in [1.29, 1.82) is 0 Å². The molecule has 18 fully saturated rings. The van der Waals surface area contributed by atoms with Crippen LogP contribution >= 0.6 is 0 Å². The number of esters is 9. The number of hydrogen-bond donors (Lipinski definition) is 4. The van der Waals surface area contributed by atoms with Gasteiger partial charge in [-0.2, -0.15) is 0 Å². The zero-order chi connectivity index (χ0) is 61.0. The fraction of sp³-hybridized carbons (Fsp3) is 0.850. The second-order valence-electron chi connectivity index (χ2n) is 31.7. The Bertz CT molecular complexity index is 3270. The zero-order valence-corrected chi connectivity index (χ0v) is 49.2. The highest BCUT2D eigenvalue weighted by Gasteiger charge is 3.05. The monoisotopic (exact) mass is 1190 g/mol. The van der Waals surface area contributed by atoms with Crippen LogP contribution < -0.4 is 0 Å². The molecule has 462 valence electrons. The lowest BCUT2D eigenvalue weighted by Crippen LogP contribution is -2.65. The van der Waals surface area contributed by atoms with Crippen LogP contribution in [-0.4, -0.2) is 170 Å². The van der Waals surface area contributed by atoms with E-state index in [0.717, 1.165) is 0 Å². The van der Waals surface area contributed by atoms with Crippen molar-refractivity contribution >= 4 is 53.7 Å². The average molecular weight is 1190 g/mol. The molecule has 18 aliphatic rings. The lowest BCUT2D eigenvalue weighted by molar-refractivity contribution is -0.240. The highest BCUT2D eigenvalue weighted by molar-refractivity contribution is 5.95. The molecule has 0 aromatic heterocycles. The van der Waals surface area contributed by atoms with E-state index < -0.39 is 181 Å². The van der Waals surface area contributed by atoms with Gasteiger partial charge in [-0.1, -0.05) is 69.2 Å². The summed E-state index contributed by atoms with van der Waals surface area (Å²) in [6, 6.07) is 0. The van der Waals surface area contributed by atoms with E-state index in [2.05, 4.69) is 41.5 Å². The third-order valence-electron chi connectivity index (χ3n) is 26.4. The average Bonchev–Trinajstić information content (AvgIpc) is 1.45. The first-order valence-corrected chi connectivity index (χ1v) is 30.1. The Labute approximate surface area is 486 Å². The summed E-state index contributed by atoms with van der Waals surface area (Å²) in [6.45, 7) is 23.1. The van der Waals surface area contributed by atoms with E-state index in [0.29, 0.717) is 19.3 Å². The number of rotatable bonds is 0. The van der Waals surface area contributed by atoms with E-state index in [9.17, 15) is 63.6 Å². The lowest BCUT2D eigenvalue weighted by Gasteiger charge is -2.46. The number of fused-ring (bicyclic) bond motifs is 3. The second-order valence-corrected chi connectivity index (χ2v) is 31.7. The summed E-state index contributed by atoms with van der Waals surface area (Å²) in [5.74, 6) is -8.48. The Kier molecular flexibility index (Phi) is 9.74. The molecule has 12 heterocycles. The summed E-state index contributed by atoms with van der Waals surface area (Å²) in [5.41, 5.74) is -16.4. The molecule has 18 rings (SSSR count). The quantitative estimate of drug-likeness (QED) is 0.193. The SMILES string of the molecule is C[C@@H]1C(=O)OC2CC34C5C[C@@H](C(C)(C)C)C36CC(=O)O[C@H]6O[C@@]4(C(=O)O5)[C@H]21.C[C@@H]1C(=O)OC2CC34C5C[C@@H](C(C)(C)C)C36CC(=O)O[C@H]6O[C@@]4(C(=O)O5)[C@]21O.C[C@@H]1C(=O)OC2[C@H](O)C34C5OC(=O)[C@]3(O[C@@H]3OC(=O)CC34[C@H](C(C)(C)C)[C@H]5O)[C@]21O. The number of carbonyl (C=O) groups excluding carboxylic acids is 9. The highest BCUT2D eigenvalue weighted by Crippen LogP contribution is 2.88. The molecule has 6 saturated carbocycles. The van der Waals surface area contributed by atoms with Gasteiger partial charge >= 0.3 is 53.7 Å². The first-order valence-electron chi connectivity index (χ1n) is 30.1. The van der Waals surface area contributed by atoms with Crippen molar-refractivity contribution in [2.24, 2.45) is 90.2 Å². The van der Waals surface area contributed by atoms with E-state index in [1.165, 1.54) is 6.92 Å². The maximum Gasteiger partial charge on any atom is 0.343 e. The van der Waals surface area contributed by atoms with Crippen LogP contribution in [0.1, 0.15) is 128 Å². The second kappa shape index (κ2) is 15.0. The summed E-state index contributed by atoms with van der Waals surface area (Å²) in [7, 11) is 0. The van der Waals surface area contributed by atoms with Crippen LogP contribution in [0.25, 0.3) is 0 Å². The third kappa shape index (κ3) is 4.90. The number of aliphatic hydroxyl groups is 4. The number of carbonyl (C=O) groups is 9. The van der Waals surface area contributed by atoms with Crippen LogP contribution in [0.3, 0.4) is 0 Å².